The molecule has 17 heavy (non-hydrogen) atoms. The number of nitrogens with one attached hydrogen (secondary N) is 1. The summed E-state index contributed by atoms with van der Waals surface area (Å²) in [5.74, 6) is 0.239. The van der Waals surface area contributed by atoms with Gasteiger partial charge < -0.3 is 10.4 Å². The topological polar surface area (TPSA) is 59.3 Å². The molecular weight excluding hydrogens is 214 g/mol. The molecule has 0 bridgehead atoms. The van der Waals surface area contributed by atoms with Gasteiger partial charge in [-0.15, -0.1) is 0 Å². The Morgan fingerprint density at radius 1 is 1.24 bits per heavy atom. The fourth-order valence-electron chi connectivity index (χ4n) is 2.15. The third-order valence-electron chi connectivity index (χ3n) is 3.07. The zero-order valence-corrected chi connectivity index (χ0v) is 9.76. The third-order valence-corrected chi connectivity index (χ3v) is 3.07. The van der Waals surface area contributed by atoms with Gasteiger partial charge in [0.05, 0.1) is 6.07 Å². The summed E-state index contributed by atoms with van der Waals surface area (Å²) in [6.45, 7) is 3.77. The van der Waals surface area contributed by atoms with Gasteiger partial charge in [0.1, 0.15) is 11.8 Å². The molecule has 0 aliphatic carbocycles. The van der Waals surface area contributed by atoms with Crippen molar-refractivity contribution in [1.29, 1.82) is 5.26 Å². The Morgan fingerprint density at radius 2 is 2.00 bits per heavy atom. The average Bonchev–Trinajstić information content (AvgIpc) is 2.62. The first-order valence-electron chi connectivity index (χ1n) is 5.94. The monoisotopic (exact) mass is 231 g/mol. The third kappa shape index (κ3) is 2.96. The summed E-state index contributed by atoms with van der Waals surface area (Å²) in [5, 5.41) is 21.9. The molecular formula is C13H17N3O. The van der Waals surface area contributed by atoms with Gasteiger partial charge in [-0.25, -0.2) is 0 Å². The van der Waals surface area contributed by atoms with Gasteiger partial charge in [-0.1, -0.05) is 12.1 Å². The van der Waals surface area contributed by atoms with Gasteiger partial charge in [0.2, 0.25) is 0 Å². The van der Waals surface area contributed by atoms with Crippen LogP contribution in [0.4, 0.5) is 0 Å². The average molecular weight is 231 g/mol. The van der Waals surface area contributed by atoms with Gasteiger partial charge in [0.15, 0.2) is 0 Å². The van der Waals surface area contributed by atoms with Gasteiger partial charge in [-0.05, 0) is 30.7 Å². The summed E-state index contributed by atoms with van der Waals surface area (Å²) in [4.78, 5) is 2.19. The Kier molecular flexibility index (Phi) is 3.97. The van der Waals surface area contributed by atoms with E-state index < -0.39 is 0 Å². The van der Waals surface area contributed by atoms with Crippen molar-refractivity contribution in [3.05, 3.63) is 29.8 Å². The minimum absolute atomic E-state index is 0.213. The lowest BCUT2D eigenvalue weighted by atomic mass is 10.1. The Balaban J connectivity index is 2.15. The zero-order valence-electron chi connectivity index (χ0n) is 9.76. The first-order chi connectivity index (χ1) is 8.31. The number of phenols is 1. The van der Waals surface area contributed by atoms with Crippen LogP contribution in [0.5, 0.6) is 5.75 Å². The molecule has 90 valence electrons. The molecule has 4 nitrogen and oxygen atoms in total. The van der Waals surface area contributed by atoms with Crippen LogP contribution in [-0.2, 0) is 0 Å². The lowest BCUT2D eigenvalue weighted by Crippen LogP contribution is -2.31. The maximum atomic E-state index is 9.32. The lowest BCUT2D eigenvalue weighted by Gasteiger charge is -2.25. The highest BCUT2D eigenvalue weighted by atomic mass is 16.3. The van der Waals surface area contributed by atoms with Crippen LogP contribution in [0, 0.1) is 11.3 Å². The highest BCUT2D eigenvalue weighted by molar-refractivity contribution is 5.30. The molecule has 0 aromatic heterocycles. The lowest BCUT2D eigenvalue weighted by molar-refractivity contribution is 0.252. The number of nitrogens with zero attached hydrogens (tertiary/aromatic N) is 2. The SMILES string of the molecule is N#CC(c1ccc(O)cc1)N1CCCNCC1. The van der Waals surface area contributed by atoms with Gasteiger partial charge in [0, 0.05) is 19.6 Å². The number of nitriles is 1. The predicted octanol–water partition coefficient (Wildman–Crippen LogP) is 1.25. The highest BCUT2D eigenvalue weighted by Gasteiger charge is 2.20. The zero-order chi connectivity index (χ0) is 12.1. The number of hydrogen-bond donors (Lipinski definition) is 2. The van der Waals surface area contributed by atoms with Crippen LogP contribution in [0.2, 0.25) is 0 Å². The van der Waals surface area contributed by atoms with E-state index in [-0.39, 0.29) is 11.8 Å². The molecule has 2 rings (SSSR count). The maximum Gasteiger partial charge on any atom is 0.123 e. The second-order valence-electron chi connectivity index (χ2n) is 4.26. The normalized spacial score (nSPS) is 19.2. The Hall–Kier alpha value is -1.57. The summed E-state index contributed by atoms with van der Waals surface area (Å²) < 4.78 is 0. The van der Waals surface area contributed by atoms with Crippen LogP contribution in [0.3, 0.4) is 0 Å². The minimum Gasteiger partial charge on any atom is -0.508 e. The number of phenolic OH excluding ortho intramolecular Hbond substituents is 1. The van der Waals surface area contributed by atoms with Crippen LogP contribution in [0.1, 0.15) is 18.0 Å². The minimum atomic E-state index is -0.213. The van der Waals surface area contributed by atoms with Crippen molar-refractivity contribution in [2.24, 2.45) is 0 Å². The summed E-state index contributed by atoms with van der Waals surface area (Å²) in [6, 6.07) is 9.05. The van der Waals surface area contributed by atoms with Crippen LogP contribution in [0.15, 0.2) is 24.3 Å². The van der Waals surface area contributed by atoms with Gasteiger partial charge in [-0.2, -0.15) is 5.26 Å². The van der Waals surface area contributed by atoms with Gasteiger partial charge in [0.25, 0.3) is 0 Å². The summed E-state index contributed by atoms with van der Waals surface area (Å²) in [5.41, 5.74) is 0.951. The predicted molar refractivity (Wildman–Crippen MR) is 65.5 cm³/mol. The summed E-state index contributed by atoms with van der Waals surface area (Å²) in [7, 11) is 0. The number of aromatic hydroxyl groups is 1. The summed E-state index contributed by atoms with van der Waals surface area (Å²) >= 11 is 0. The van der Waals surface area contributed by atoms with E-state index >= 15 is 0 Å². The van der Waals surface area contributed by atoms with Gasteiger partial charge >= 0.3 is 0 Å². The molecule has 1 unspecified atom stereocenters. The van der Waals surface area contributed by atoms with Crippen molar-refractivity contribution < 1.29 is 5.11 Å². The van der Waals surface area contributed by atoms with E-state index in [4.69, 9.17) is 0 Å². The number of benzene rings is 1. The molecule has 1 atom stereocenters. The second kappa shape index (κ2) is 5.67. The van der Waals surface area contributed by atoms with Crippen molar-refractivity contribution in [3.63, 3.8) is 0 Å². The summed E-state index contributed by atoms with van der Waals surface area (Å²) in [6.07, 6.45) is 1.07. The molecule has 0 spiro atoms. The molecule has 1 aliphatic heterocycles. The van der Waals surface area contributed by atoms with Crippen molar-refractivity contribution in [2.75, 3.05) is 26.2 Å². The molecule has 2 N–H and O–H groups in total. The largest absolute Gasteiger partial charge is 0.508 e. The fraction of sp³-hybridized carbons (Fsp3) is 0.462. The molecule has 0 radical (unpaired) electrons. The van der Waals surface area contributed by atoms with E-state index in [9.17, 15) is 10.4 Å². The Labute approximate surface area is 101 Å². The molecule has 1 saturated heterocycles. The van der Waals surface area contributed by atoms with E-state index in [1.54, 1.807) is 12.1 Å². The van der Waals surface area contributed by atoms with E-state index in [1.165, 1.54) is 0 Å². The van der Waals surface area contributed by atoms with Crippen LogP contribution < -0.4 is 5.32 Å². The molecule has 0 amide bonds. The van der Waals surface area contributed by atoms with E-state index in [2.05, 4.69) is 16.3 Å². The Bertz CT molecular complexity index is 388. The molecule has 0 saturated carbocycles. The van der Waals surface area contributed by atoms with Crippen molar-refractivity contribution in [1.82, 2.24) is 10.2 Å². The Morgan fingerprint density at radius 3 is 2.71 bits per heavy atom. The molecule has 1 aromatic rings. The van der Waals surface area contributed by atoms with E-state index in [0.717, 1.165) is 38.2 Å². The second-order valence-corrected chi connectivity index (χ2v) is 4.26. The number of hydrogen-bond acceptors (Lipinski definition) is 4. The van der Waals surface area contributed by atoms with Gasteiger partial charge in [-0.3, -0.25) is 4.90 Å². The fourth-order valence-corrected chi connectivity index (χ4v) is 2.15. The quantitative estimate of drug-likeness (QED) is 0.804. The van der Waals surface area contributed by atoms with Crippen molar-refractivity contribution >= 4 is 0 Å². The van der Waals surface area contributed by atoms with E-state index in [1.807, 2.05) is 12.1 Å². The molecule has 1 fully saturated rings. The maximum absolute atomic E-state index is 9.32. The van der Waals surface area contributed by atoms with Crippen molar-refractivity contribution in [2.45, 2.75) is 12.5 Å². The molecule has 4 heteroatoms. The smallest absolute Gasteiger partial charge is 0.123 e. The highest BCUT2D eigenvalue weighted by Crippen LogP contribution is 2.22. The first-order valence-corrected chi connectivity index (χ1v) is 5.94. The van der Waals surface area contributed by atoms with E-state index in [0.29, 0.717) is 0 Å². The van der Waals surface area contributed by atoms with Crippen LogP contribution >= 0.6 is 0 Å². The van der Waals surface area contributed by atoms with Crippen molar-refractivity contribution in [3.8, 4) is 11.8 Å². The molecule has 1 heterocycles. The standard InChI is InChI=1S/C13H17N3O/c14-10-13(11-2-4-12(17)5-3-11)16-8-1-6-15-7-9-16/h2-5,13,15,17H,1,6-9H2. The molecule has 1 aliphatic rings. The molecule has 1 aromatic carbocycles. The van der Waals surface area contributed by atoms with Crippen LogP contribution in [-0.4, -0.2) is 36.2 Å². The first kappa shape index (κ1) is 11.9. The number of rotatable bonds is 2. The van der Waals surface area contributed by atoms with Crippen LogP contribution in [0.25, 0.3) is 0 Å².